The number of aliphatic carboxylic acids is 1. The smallest absolute Gasteiger partial charge is 0.303 e. The highest BCUT2D eigenvalue weighted by Crippen LogP contribution is 2.06. The molecule has 17 heavy (non-hydrogen) atoms. The van der Waals surface area contributed by atoms with E-state index >= 15 is 0 Å². The number of hydrogen-bond donors (Lipinski definition) is 1. The second-order valence-electron chi connectivity index (χ2n) is 4.07. The summed E-state index contributed by atoms with van der Waals surface area (Å²) < 4.78 is 0. The quantitative estimate of drug-likeness (QED) is 0.433. The Labute approximate surface area is 106 Å². The van der Waals surface area contributed by atoms with Gasteiger partial charge in [-0.1, -0.05) is 51.2 Å². The Bertz CT molecular complexity index is 185. The summed E-state index contributed by atoms with van der Waals surface area (Å²) in [6.45, 7) is 9.32. The minimum Gasteiger partial charge on any atom is -0.481 e. The molecule has 0 bridgehead atoms. The van der Waals surface area contributed by atoms with Crippen molar-refractivity contribution in [1.29, 1.82) is 0 Å². The molecule has 0 saturated carbocycles. The predicted octanol–water partition coefficient (Wildman–Crippen LogP) is 4.96. The van der Waals surface area contributed by atoms with Crippen molar-refractivity contribution in [2.75, 3.05) is 0 Å². The third-order valence-corrected chi connectivity index (χ3v) is 2.32. The van der Waals surface area contributed by atoms with E-state index in [0.717, 1.165) is 0 Å². The number of allylic oxidation sites excluding steroid dienone is 2. The Morgan fingerprint density at radius 2 is 1.53 bits per heavy atom. The van der Waals surface area contributed by atoms with Gasteiger partial charge >= 0.3 is 5.97 Å². The molecule has 1 N–H and O–H groups in total. The van der Waals surface area contributed by atoms with Gasteiger partial charge in [-0.05, 0) is 19.3 Å². The summed E-state index contributed by atoms with van der Waals surface area (Å²) in [7, 11) is 0. The molecular weight excluding hydrogens is 212 g/mol. The van der Waals surface area contributed by atoms with Gasteiger partial charge < -0.3 is 5.11 Å². The molecule has 0 aromatic heterocycles. The lowest BCUT2D eigenvalue weighted by Gasteiger charge is -1.96. The molecule has 0 aliphatic heterocycles. The van der Waals surface area contributed by atoms with E-state index in [4.69, 9.17) is 5.11 Å². The first kappa shape index (κ1) is 18.3. The van der Waals surface area contributed by atoms with E-state index in [-0.39, 0.29) is 6.42 Å². The summed E-state index contributed by atoms with van der Waals surface area (Å²) in [6, 6.07) is 0. The number of carboxylic acids is 1. The van der Waals surface area contributed by atoms with Crippen LogP contribution in [0.4, 0.5) is 0 Å². The van der Waals surface area contributed by atoms with Crippen molar-refractivity contribution < 1.29 is 9.90 Å². The predicted molar refractivity (Wildman–Crippen MR) is 75.3 cm³/mol. The van der Waals surface area contributed by atoms with Crippen LogP contribution in [0.2, 0.25) is 0 Å². The molecule has 0 saturated heterocycles. The van der Waals surface area contributed by atoms with Gasteiger partial charge in [-0.25, -0.2) is 0 Å². The van der Waals surface area contributed by atoms with Gasteiger partial charge in [-0.2, -0.15) is 0 Å². The van der Waals surface area contributed by atoms with E-state index in [1.54, 1.807) is 6.08 Å². The largest absolute Gasteiger partial charge is 0.481 e. The summed E-state index contributed by atoms with van der Waals surface area (Å²) in [4.78, 5) is 9.71. The minimum atomic E-state index is -0.764. The zero-order valence-corrected chi connectivity index (χ0v) is 11.3. The van der Waals surface area contributed by atoms with Crippen LogP contribution in [0.3, 0.4) is 0 Å². The topological polar surface area (TPSA) is 37.3 Å². The molecular formula is C15H28O2. The molecule has 0 aliphatic rings. The van der Waals surface area contributed by atoms with Crippen LogP contribution in [-0.4, -0.2) is 11.1 Å². The molecule has 0 aromatic carbocycles. The number of rotatable bonds is 10. The van der Waals surface area contributed by atoms with Crippen molar-refractivity contribution in [2.24, 2.45) is 0 Å². The third kappa shape index (κ3) is 25.3. The number of carbonyl (C=O) groups is 1. The molecule has 2 heteroatoms. The fourth-order valence-electron chi connectivity index (χ4n) is 1.29. The van der Waals surface area contributed by atoms with E-state index in [9.17, 15) is 4.79 Å². The van der Waals surface area contributed by atoms with Crippen LogP contribution >= 0.6 is 0 Å². The van der Waals surface area contributed by atoms with E-state index in [2.05, 4.69) is 20.1 Å². The van der Waals surface area contributed by atoms with E-state index in [1.807, 2.05) is 6.08 Å². The fourth-order valence-corrected chi connectivity index (χ4v) is 1.29. The highest BCUT2D eigenvalue weighted by atomic mass is 16.4. The maximum atomic E-state index is 9.71. The van der Waals surface area contributed by atoms with Crippen LogP contribution in [0.15, 0.2) is 25.3 Å². The van der Waals surface area contributed by atoms with Gasteiger partial charge in [0, 0.05) is 6.42 Å². The first-order chi connectivity index (χ1) is 8.18. The highest BCUT2D eigenvalue weighted by Gasteiger charge is 1.89. The van der Waals surface area contributed by atoms with Gasteiger partial charge in [0.25, 0.3) is 0 Å². The van der Waals surface area contributed by atoms with Gasteiger partial charge in [0.15, 0.2) is 0 Å². The Balaban J connectivity index is 0. The second kappa shape index (κ2) is 17.3. The van der Waals surface area contributed by atoms with Gasteiger partial charge in [-0.15, -0.1) is 13.2 Å². The molecule has 2 nitrogen and oxygen atoms in total. The summed E-state index contributed by atoms with van der Waals surface area (Å²) >= 11 is 0. The summed E-state index contributed by atoms with van der Waals surface area (Å²) in [5, 5.41) is 8.00. The molecule has 0 radical (unpaired) electrons. The molecule has 0 fully saturated rings. The minimum absolute atomic E-state index is 0.198. The Morgan fingerprint density at radius 1 is 1.00 bits per heavy atom. The Hall–Kier alpha value is -1.05. The molecule has 0 spiro atoms. The van der Waals surface area contributed by atoms with Crippen LogP contribution in [-0.2, 0) is 4.79 Å². The molecule has 0 amide bonds. The standard InChI is InChI=1S/C10H20.C5H8O2/c1-3-5-7-9-10-8-6-4-2;1-2-3-4-5(6)7/h3H,1,4-10H2,2H3;2H,1,3-4H2,(H,6,7). The zero-order chi connectivity index (χ0) is 13.4. The molecule has 100 valence electrons. The molecule has 0 aliphatic carbocycles. The number of unbranched alkanes of at least 4 members (excludes halogenated alkanes) is 6. The van der Waals surface area contributed by atoms with Crippen molar-refractivity contribution in [3.63, 3.8) is 0 Å². The van der Waals surface area contributed by atoms with E-state index in [0.29, 0.717) is 6.42 Å². The molecule has 0 atom stereocenters. The van der Waals surface area contributed by atoms with Crippen molar-refractivity contribution in [2.45, 2.75) is 64.7 Å². The van der Waals surface area contributed by atoms with Crippen molar-refractivity contribution in [3.8, 4) is 0 Å². The zero-order valence-electron chi connectivity index (χ0n) is 11.3. The van der Waals surface area contributed by atoms with Crippen molar-refractivity contribution in [1.82, 2.24) is 0 Å². The first-order valence-electron chi connectivity index (χ1n) is 6.62. The first-order valence-corrected chi connectivity index (χ1v) is 6.62. The van der Waals surface area contributed by atoms with Gasteiger partial charge in [-0.3, -0.25) is 4.79 Å². The molecule has 0 rings (SSSR count). The summed E-state index contributed by atoms with van der Waals surface area (Å²) in [5.74, 6) is -0.764. The van der Waals surface area contributed by atoms with Crippen LogP contribution in [0, 0.1) is 0 Å². The monoisotopic (exact) mass is 240 g/mol. The van der Waals surface area contributed by atoms with Crippen LogP contribution in [0.5, 0.6) is 0 Å². The average molecular weight is 240 g/mol. The van der Waals surface area contributed by atoms with Gasteiger partial charge in [0.05, 0.1) is 0 Å². The second-order valence-corrected chi connectivity index (χ2v) is 4.07. The number of carboxylic acid groups (broad SMARTS) is 1. The lowest BCUT2D eigenvalue weighted by atomic mass is 10.1. The maximum Gasteiger partial charge on any atom is 0.303 e. The normalized spacial score (nSPS) is 9.00. The van der Waals surface area contributed by atoms with E-state index in [1.165, 1.54) is 44.9 Å². The molecule has 0 aromatic rings. The maximum absolute atomic E-state index is 9.71. The van der Waals surface area contributed by atoms with Gasteiger partial charge in [0.1, 0.15) is 0 Å². The van der Waals surface area contributed by atoms with Crippen LogP contribution in [0.25, 0.3) is 0 Å². The average Bonchev–Trinajstić information content (AvgIpc) is 2.32. The highest BCUT2D eigenvalue weighted by molar-refractivity contribution is 5.66. The Kier molecular flexibility index (Phi) is 18.7. The molecule has 0 unspecified atom stereocenters. The lowest BCUT2D eigenvalue weighted by molar-refractivity contribution is -0.136. The fraction of sp³-hybridized carbons (Fsp3) is 0.667. The van der Waals surface area contributed by atoms with Crippen LogP contribution < -0.4 is 0 Å². The van der Waals surface area contributed by atoms with Crippen molar-refractivity contribution >= 4 is 5.97 Å². The van der Waals surface area contributed by atoms with Crippen LogP contribution in [0.1, 0.15) is 64.7 Å². The summed E-state index contributed by atoms with van der Waals surface area (Å²) in [5.41, 5.74) is 0. The summed E-state index contributed by atoms with van der Waals surface area (Å²) in [6.07, 6.45) is 13.9. The Morgan fingerprint density at radius 3 is 1.94 bits per heavy atom. The number of hydrogen-bond acceptors (Lipinski definition) is 1. The lowest BCUT2D eigenvalue weighted by Crippen LogP contribution is -1.90. The molecule has 0 heterocycles. The third-order valence-electron chi connectivity index (χ3n) is 2.32. The SMILES string of the molecule is C=CCCC(=O)O.C=CCCCCCCCC. The van der Waals surface area contributed by atoms with Crippen molar-refractivity contribution in [3.05, 3.63) is 25.3 Å². The van der Waals surface area contributed by atoms with E-state index < -0.39 is 5.97 Å². The van der Waals surface area contributed by atoms with Gasteiger partial charge in [0.2, 0.25) is 0 Å².